The summed E-state index contributed by atoms with van der Waals surface area (Å²) >= 11 is 0. The van der Waals surface area contributed by atoms with Gasteiger partial charge in [-0.05, 0) is 35.7 Å². The van der Waals surface area contributed by atoms with Gasteiger partial charge >= 0.3 is 0 Å². The van der Waals surface area contributed by atoms with Crippen molar-refractivity contribution in [2.24, 2.45) is 0 Å². The summed E-state index contributed by atoms with van der Waals surface area (Å²) in [4.78, 5) is 0. The number of methoxy groups -OCH3 is 3. The smallest absolute Gasteiger partial charge is 0.178 e. The third-order valence-electron chi connectivity index (χ3n) is 4.20. The second-order valence-electron chi connectivity index (χ2n) is 5.51. The van der Waals surface area contributed by atoms with Crippen LogP contribution in [0.25, 0.3) is 22.5 Å². The van der Waals surface area contributed by atoms with Crippen LogP contribution in [-0.2, 0) is 6.42 Å². The van der Waals surface area contributed by atoms with E-state index in [4.69, 9.17) is 18.7 Å². The van der Waals surface area contributed by atoms with Gasteiger partial charge in [0.25, 0.3) is 0 Å². The minimum absolute atomic E-state index is 0.666. The fourth-order valence-electron chi connectivity index (χ4n) is 2.83. The summed E-state index contributed by atoms with van der Waals surface area (Å²) in [5.74, 6) is 2.95. The molecule has 0 aliphatic rings. The van der Waals surface area contributed by atoms with Crippen LogP contribution in [0.3, 0.4) is 0 Å². The van der Waals surface area contributed by atoms with Crippen molar-refractivity contribution in [1.82, 2.24) is 5.16 Å². The number of hydrogen-bond acceptors (Lipinski definition) is 5. The molecule has 0 unspecified atom stereocenters. The molecule has 3 rings (SSSR count). The number of nitrogens with zero attached hydrogens (tertiary/aromatic N) is 1. The van der Waals surface area contributed by atoms with Crippen LogP contribution in [0.2, 0.25) is 0 Å². The molecule has 0 spiro atoms. The molecule has 1 heterocycles. The molecule has 2 aromatic carbocycles. The number of aryl methyl sites for hydroxylation is 1. The fourth-order valence-corrected chi connectivity index (χ4v) is 2.83. The number of rotatable bonds is 6. The first kappa shape index (κ1) is 16.9. The van der Waals surface area contributed by atoms with Gasteiger partial charge in [-0.2, -0.15) is 0 Å². The van der Waals surface area contributed by atoms with Crippen LogP contribution in [0.5, 0.6) is 17.2 Å². The Labute approximate surface area is 147 Å². The Balaban J connectivity index is 2.13. The van der Waals surface area contributed by atoms with E-state index in [-0.39, 0.29) is 0 Å². The molecular weight excluding hydrogens is 318 g/mol. The molecule has 0 amide bonds. The first-order valence-corrected chi connectivity index (χ1v) is 8.06. The van der Waals surface area contributed by atoms with Crippen LogP contribution in [-0.4, -0.2) is 26.5 Å². The van der Waals surface area contributed by atoms with Crippen molar-refractivity contribution in [2.45, 2.75) is 13.3 Å². The SMILES string of the molecule is CCc1cc(-c2oncc2-c2ccc(OC)cc2)c(OC)cc1OC. The molecule has 25 heavy (non-hydrogen) atoms. The maximum Gasteiger partial charge on any atom is 0.178 e. The van der Waals surface area contributed by atoms with Crippen LogP contribution in [0.1, 0.15) is 12.5 Å². The molecule has 0 N–H and O–H groups in total. The molecule has 0 fully saturated rings. The predicted molar refractivity (Wildman–Crippen MR) is 96.4 cm³/mol. The van der Waals surface area contributed by atoms with Gasteiger partial charge < -0.3 is 18.7 Å². The first-order valence-electron chi connectivity index (χ1n) is 8.06. The zero-order valence-corrected chi connectivity index (χ0v) is 14.8. The van der Waals surface area contributed by atoms with E-state index < -0.39 is 0 Å². The molecule has 0 radical (unpaired) electrons. The van der Waals surface area contributed by atoms with Crippen molar-refractivity contribution >= 4 is 0 Å². The minimum atomic E-state index is 0.666. The van der Waals surface area contributed by atoms with Crippen LogP contribution >= 0.6 is 0 Å². The summed E-state index contributed by atoms with van der Waals surface area (Å²) in [6, 6.07) is 11.7. The van der Waals surface area contributed by atoms with Crippen molar-refractivity contribution in [3.8, 4) is 39.7 Å². The molecule has 0 atom stereocenters. The lowest BCUT2D eigenvalue weighted by atomic mass is 9.99. The van der Waals surface area contributed by atoms with E-state index in [1.165, 1.54) is 0 Å². The van der Waals surface area contributed by atoms with Gasteiger partial charge in [-0.1, -0.05) is 24.2 Å². The first-order chi connectivity index (χ1) is 12.2. The van der Waals surface area contributed by atoms with Gasteiger partial charge in [0.05, 0.1) is 33.1 Å². The molecule has 0 aliphatic carbocycles. The maximum absolute atomic E-state index is 5.58. The van der Waals surface area contributed by atoms with Crippen molar-refractivity contribution in [3.05, 3.63) is 48.2 Å². The van der Waals surface area contributed by atoms with E-state index >= 15 is 0 Å². The van der Waals surface area contributed by atoms with E-state index in [1.54, 1.807) is 27.5 Å². The van der Waals surface area contributed by atoms with Crippen LogP contribution in [0, 0.1) is 0 Å². The van der Waals surface area contributed by atoms with Gasteiger partial charge in [-0.15, -0.1) is 0 Å². The molecule has 3 aromatic rings. The molecule has 0 aliphatic heterocycles. The summed E-state index contributed by atoms with van der Waals surface area (Å²) in [5.41, 5.74) is 3.82. The van der Waals surface area contributed by atoms with E-state index in [9.17, 15) is 0 Å². The lowest BCUT2D eigenvalue weighted by molar-refractivity contribution is 0.388. The number of ether oxygens (including phenoxy) is 3. The molecule has 5 nitrogen and oxygen atoms in total. The molecule has 0 saturated heterocycles. The molecule has 0 bridgehead atoms. The summed E-state index contributed by atoms with van der Waals surface area (Å²) in [6.45, 7) is 2.08. The second kappa shape index (κ2) is 7.30. The Bertz CT molecular complexity index is 853. The average molecular weight is 339 g/mol. The van der Waals surface area contributed by atoms with Crippen molar-refractivity contribution in [1.29, 1.82) is 0 Å². The molecule has 130 valence electrons. The monoisotopic (exact) mass is 339 g/mol. The summed E-state index contributed by atoms with van der Waals surface area (Å²) in [5, 5.41) is 4.00. The highest BCUT2D eigenvalue weighted by molar-refractivity contribution is 5.83. The third-order valence-corrected chi connectivity index (χ3v) is 4.20. The van der Waals surface area contributed by atoms with E-state index in [2.05, 4.69) is 12.1 Å². The molecule has 0 saturated carbocycles. The molecular formula is C20H21NO4. The highest BCUT2D eigenvalue weighted by Gasteiger charge is 2.19. The van der Waals surface area contributed by atoms with Gasteiger partial charge in [-0.3, -0.25) is 0 Å². The van der Waals surface area contributed by atoms with Crippen LogP contribution in [0.4, 0.5) is 0 Å². The summed E-state index contributed by atoms with van der Waals surface area (Å²) < 4.78 is 21.8. The minimum Gasteiger partial charge on any atom is -0.497 e. The Morgan fingerprint density at radius 2 is 1.60 bits per heavy atom. The number of aromatic nitrogens is 1. The maximum atomic E-state index is 5.58. The standard InChI is InChI=1S/C20H21NO4/c1-5-13-10-16(19(24-4)11-18(13)23-3)20-17(12-21-25-20)14-6-8-15(22-2)9-7-14/h6-12H,5H2,1-4H3. The highest BCUT2D eigenvalue weighted by atomic mass is 16.5. The van der Waals surface area contributed by atoms with Gasteiger partial charge in [0.15, 0.2) is 5.76 Å². The van der Waals surface area contributed by atoms with E-state index in [1.807, 2.05) is 36.4 Å². The number of benzene rings is 2. The summed E-state index contributed by atoms with van der Waals surface area (Å²) in [6.07, 6.45) is 2.55. The Morgan fingerprint density at radius 3 is 2.20 bits per heavy atom. The largest absolute Gasteiger partial charge is 0.497 e. The third kappa shape index (κ3) is 3.18. The van der Waals surface area contributed by atoms with E-state index in [0.29, 0.717) is 11.5 Å². The predicted octanol–water partition coefficient (Wildman–Crippen LogP) is 4.60. The lowest BCUT2D eigenvalue weighted by Crippen LogP contribution is -1.95. The van der Waals surface area contributed by atoms with Crippen molar-refractivity contribution in [2.75, 3.05) is 21.3 Å². The Hall–Kier alpha value is -2.95. The second-order valence-corrected chi connectivity index (χ2v) is 5.51. The zero-order chi connectivity index (χ0) is 17.8. The van der Waals surface area contributed by atoms with Crippen LogP contribution in [0.15, 0.2) is 47.1 Å². The van der Waals surface area contributed by atoms with Gasteiger partial charge in [0.1, 0.15) is 17.2 Å². The summed E-state index contributed by atoms with van der Waals surface area (Å²) in [7, 11) is 4.94. The molecule has 1 aromatic heterocycles. The van der Waals surface area contributed by atoms with Gasteiger partial charge in [0, 0.05) is 11.6 Å². The Morgan fingerprint density at radius 1 is 0.880 bits per heavy atom. The quantitative estimate of drug-likeness (QED) is 0.657. The van der Waals surface area contributed by atoms with Crippen molar-refractivity contribution < 1.29 is 18.7 Å². The van der Waals surface area contributed by atoms with Gasteiger partial charge in [0.2, 0.25) is 0 Å². The topological polar surface area (TPSA) is 53.7 Å². The zero-order valence-electron chi connectivity index (χ0n) is 14.8. The van der Waals surface area contributed by atoms with Gasteiger partial charge in [-0.25, -0.2) is 0 Å². The Kier molecular flexibility index (Phi) is 4.93. The fraction of sp³-hybridized carbons (Fsp3) is 0.250. The lowest BCUT2D eigenvalue weighted by Gasteiger charge is -2.13. The highest BCUT2D eigenvalue weighted by Crippen LogP contribution is 2.41. The van der Waals surface area contributed by atoms with E-state index in [0.717, 1.165) is 40.2 Å². The van der Waals surface area contributed by atoms with Crippen molar-refractivity contribution in [3.63, 3.8) is 0 Å². The average Bonchev–Trinajstić information content (AvgIpc) is 3.16. The molecule has 5 heteroatoms. The number of hydrogen-bond donors (Lipinski definition) is 0. The van der Waals surface area contributed by atoms with Crippen LogP contribution < -0.4 is 14.2 Å². The normalized spacial score (nSPS) is 10.6.